The quantitative estimate of drug-likeness (QED) is 0.470. The Labute approximate surface area is 99.1 Å². The minimum absolute atomic E-state index is 0. The summed E-state index contributed by atoms with van der Waals surface area (Å²) in [5.74, 6) is 0.112. The van der Waals surface area contributed by atoms with E-state index in [1.165, 1.54) is 0 Å². The number of nitrogens with one attached hydrogen (secondary N) is 1. The Bertz CT molecular complexity index is 290. The van der Waals surface area contributed by atoms with E-state index in [1.807, 2.05) is 20.8 Å². The number of rotatable bonds is 1. The molecule has 1 aromatic rings. The zero-order chi connectivity index (χ0) is 9.90. The van der Waals surface area contributed by atoms with Crippen LogP contribution in [0.4, 0.5) is 0 Å². The van der Waals surface area contributed by atoms with Gasteiger partial charge in [0.25, 0.3) is 0 Å². The molecule has 0 bridgehead atoms. The van der Waals surface area contributed by atoms with Gasteiger partial charge in [0.1, 0.15) is 0 Å². The maximum absolute atomic E-state index is 9.59. The summed E-state index contributed by atoms with van der Waals surface area (Å²) in [6.07, 6.45) is 3.18. The van der Waals surface area contributed by atoms with Crippen molar-refractivity contribution in [2.75, 3.05) is 0 Å². The van der Waals surface area contributed by atoms with Crippen molar-refractivity contribution in [2.45, 2.75) is 26.3 Å². The molecule has 1 rings (SSSR count). The van der Waals surface area contributed by atoms with Crippen molar-refractivity contribution in [1.29, 1.82) is 0 Å². The molecule has 0 fully saturated rings. The second-order valence-electron chi connectivity index (χ2n) is 3.88. The number of hydrogen-bond donors (Lipinski definition) is 1. The largest absolute Gasteiger partial charge is 2.00 e. The van der Waals surface area contributed by atoms with Crippen molar-refractivity contribution in [3.05, 3.63) is 35.5 Å². The van der Waals surface area contributed by atoms with Crippen LogP contribution in [0.25, 0.3) is 5.41 Å². The van der Waals surface area contributed by atoms with Gasteiger partial charge in [0.2, 0.25) is 0 Å². The van der Waals surface area contributed by atoms with E-state index in [1.54, 1.807) is 18.5 Å². The Balaban J connectivity index is 0.00000169. The van der Waals surface area contributed by atoms with E-state index in [-0.39, 0.29) is 32.4 Å². The van der Waals surface area contributed by atoms with Crippen LogP contribution < -0.4 is 5.32 Å². The number of hydrogen-bond acceptors (Lipinski definition) is 1. The third kappa shape index (κ3) is 4.52. The molecule has 0 aliphatic rings. The molecule has 0 aliphatic heterocycles. The fraction of sp³-hybridized carbons (Fsp3) is 0.400. The van der Waals surface area contributed by atoms with Gasteiger partial charge in [0.15, 0.2) is 0 Å². The molecule has 1 N–H and O–H groups in total. The first kappa shape index (κ1) is 13.3. The predicted molar refractivity (Wildman–Crippen MR) is 53.4 cm³/mol. The van der Waals surface area contributed by atoms with Crippen LogP contribution in [-0.4, -0.2) is 16.4 Å². The molecule has 4 heteroatoms. The van der Waals surface area contributed by atoms with Crippen LogP contribution in [-0.2, 0) is 21.1 Å². The normalized spacial score (nSPS) is 10.2. The summed E-state index contributed by atoms with van der Waals surface area (Å²) in [7, 11) is 0. The SMILES string of the molecule is CC(C)(C)NC(=[N-])c1[c-]ccnc1.[W+2]. The molecule has 1 heterocycles. The maximum Gasteiger partial charge on any atom is 2.00 e. The Morgan fingerprint density at radius 2 is 2.14 bits per heavy atom. The molecule has 0 radical (unpaired) electrons. The van der Waals surface area contributed by atoms with Crippen molar-refractivity contribution in [2.24, 2.45) is 0 Å². The molecule has 14 heavy (non-hydrogen) atoms. The summed E-state index contributed by atoms with van der Waals surface area (Å²) >= 11 is 0. The van der Waals surface area contributed by atoms with Crippen LogP contribution in [0.2, 0.25) is 0 Å². The van der Waals surface area contributed by atoms with Gasteiger partial charge in [0, 0.05) is 0 Å². The van der Waals surface area contributed by atoms with Gasteiger partial charge in [-0.25, -0.2) is 0 Å². The second kappa shape index (κ2) is 5.25. The number of pyridine rings is 1. The van der Waals surface area contributed by atoms with Gasteiger partial charge < -0.3 is 15.7 Å². The van der Waals surface area contributed by atoms with E-state index < -0.39 is 0 Å². The van der Waals surface area contributed by atoms with Gasteiger partial charge >= 0.3 is 21.1 Å². The molecular weight excluding hydrogens is 346 g/mol. The third-order valence-corrected chi connectivity index (χ3v) is 1.35. The number of nitrogens with zero attached hydrogens (tertiary/aromatic N) is 2. The molecule has 0 atom stereocenters. The molecule has 0 saturated carbocycles. The van der Waals surface area contributed by atoms with Crippen molar-refractivity contribution in [1.82, 2.24) is 10.3 Å². The summed E-state index contributed by atoms with van der Waals surface area (Å²) in [4.78, 5) is 3.88. The first-order valence-electron chi connectivity index (χ1n) is 4.15. The van der Waals surface area contributed by atoms with Crippen molar-refractivity contribution < 1.29 is 21.1 Å². The van der Waals surface area contributed by atoms with Crippen LogP contribution in [0, 0.1) is 6.07 Å². The maximum atomic E-state index is 9.59. The molecule has 0 amide bonds. The van der Waals surface area contributed by atoms with Crippen LogP contribution in [0.15, 0.2) is 18.5 Å². The summed E-state index contributed by atoms with van der Waals surface area (Å²) in [5, 5.41) is 12.5. The fourth-order valence-corrected chi connectivity index (χ4v) is 0.877. The molecule has 0 aliphatic carbocycles. The molecule has 0 unspecified atom stereocenters. The predicted octanol–water partition coefficient (Wildman–Crippen LogP) is 1.58. The van der Waals surface area contributed by atoms with Gasteiger partial charge in [-0.05, 0) is 5.54 Å². The Morgan fingerprint density at radius 3 is 2.57 bits per heavy atom. The van der Waals surface area contributed by atoms with Crippen molar-refractivity contribution in [3.63, 3.8) is 0 Å². The van der Waals surface area contributed by atoms with Gasteiger partial charge in [-0.2, -0.15) is 5.84 Å². The Morgan fingerprint density at radius 1 is 1.50 bits per heavy atom. The standard InChI is InChI=1S/C10H13N3.W/c1-10(2,3)13-9(11)8-5-4-6-12-7-8;/h4,6-7H,1-3H3,(H-,11,13);/q-2;+2. The molecule has 3 nitrogen and oxygen atoms in total. The second-order valence-corrected chi connectivity index (χ2v) is 3.88. The smallest absolute Gasteiger partial charge is 0.521 e. The van der Waals surface area contributed by atoms with E-state index in [0.717, 1.165) is 0 Å². The first-order valence-corrected chi connectivity index (χ1v) is 4.15. The summed E-state index contributed by atoms with van der Waals surface area (Å²) in [6.45, 7) is 5.92. The topological polar surface area (TPSA) is 47.2 Å². The first-order chi connectivity index (χ1) is 5.99. The fourth-order valence-electron chi connectivity index (χ4n) is 0.877. The monoisotopic (exact) mass is 359 g/mol. The van der Waals surface area contributed by atoms with E-state index in [2.05, 4.69) is 16.4 Å². The van der Waals surface area contributed by atoms with Gasteiger partial charge in [-0.3, -0.25) is 0 Å². The average molecular weight is 359 g/mol. The van der Waals surface area contributed by atoms with Crippen molar-refractivity contribution in [3.8, 4) is 0 Å². The Hall–Kier alpha value is -0.692. The van der Waals surface area contributed by atoms with Crippen LogP contribution >= 0.6 is 0 Å². The zero-order valence-electron chi connectivity index (χ0n) is 8.53. The molecule has 0 spiro atoms. The average Bonchev–Trinajstić information content (AvgIpc) is 2.03. The summed E-state index contributed by atoms with van der Waals surface area (Å²) < 4.78 is 0. The zero-order valence-corrected chi connectivity index (χ0v) is 11.5. The van der Waals surface area contributed by atoms with E-state index in [9.17, 15) is 5.41 Å². The van der Waals surface area contributed by atoms with Gasteiger partial charge in [-0.15, -0.1) is 17.7 Å². The molecule has 74 valence electrons. The van der Waals surface area contributed by atoms with E-state index in [4.69, 9.17) is 0 Å². The van der Waals surface area contributed by atoms with Gasteiger partial charge in [0.05, 0.1) is 0 Å². The third-order valence-electron chi connectivity index (χ3n) is 1.35. The van der Waals surface area contributed by atoms with Crippen LogP contribution in [0.5, 0.6) is 0 Å². The molecular formula is C10H13N3W. The Kier molecular flexibility index (Phi) is 4.99. The van der Waals surface area contributed by atoms with E-state index in [0.29, 0.717) is 5.56 Å². The van der Waals surface area contributed by atoms with Crippen LogP contribution in [0.3, 0.4) is 0 Å². The van der Waals surface area contributed by atoms with Gasteiger partial charge in [-0.1, -0.05) is 33.2 Å². The minimum Gasteiger partial charge on any atom is -0.521 e. The summed E-state index contributed by atoms with van der Waals surface area (Å²) in [6, 6.07) is 4.54. The number of amidine groups is 1. The van der Waals surface area contributed by atoms with Crippen LogP contribution in [0.1, 0.15) is 26.3 Å². The minimum atomic E-state index is -0.159. The van der Waals surface area contributed by atoms with Crippen molar-refractivity contribution >= 4 is 5.84 Å². The molecule has 0 saturated heterocycles. The van der Waals surface area contributed by atoms with E-state index >= 15 is 0 Å². The molecule has 1 aromatic heterocycles. The summed E-state index contributed by atoms with van der Waals surface area (Å²) in [5.41, 5.74) is 0.422. The number of aromatic nitrogens is 1. The molecule has 0 aromatic carbocycles.